The van der Waals surface area contributed by atoms with E-state index in [4.69, 9.17) is 14.7 Å². The molecule has 6 aromatic carbocycles. The van der Waals surface area contributed by atoms with Gasteiger partial charge in [-0.15, -0.1) is 0 Å². The molecule has 2 aromatic heterocycles. The quantitative estimate of drug-likeness (QED) is 0.117. The number of anilines is 7. The molecule has 0 atom stereocenters. The molecule has 0 saturated heterocycles. The number of hydrogen-bond donors (Lipinski definition) is 0. The van der Waals surface area contributed by atoms with E-state index in [0.29, 0.717) is 11.5 Å². The fourth-order valence-corrected chi connectivity index (χ4v) is 10.4. The van der Waals surface area contributed by atoms with Crippen LogP contribution in [0.25, 0.3) is 22.3 Å². The topological polar surface area (TPSA) is 44.7 Å². The fourth-order valence-electron chi connectivity index (χ4n) is 7.45. The van der Waals surface area contributed by atoms with Crippen molar-refractivity contribution in [3.8, 4) is 33.8 Å². The predicted octanol–water partition coefficient (Wildman–Crippen LogP) is 11.3. The van der Waals surface area contributed by atoms with Crippen molar-refractivity contribution in [1.29, 1.82) is 0 Å². The fraction of sp³-hybridized carbons (Fsp3) is 0.0784. The van der Waals surface area contributed by atoms with Crippen molar-refractivity contribution in [2.75, 3.05) is 14.7 Å². The van der Waals surface area contributed by atoms with Gasteiger partial charge in [-0.3, -0.25) is 0 Å². The monoisotopic (exact) mass is 1060 g/mol. The number of pyridine rings is 2. The van der Waals surface area contributed by atoms with Crippen LogP contribution >= 0.6 is 0 Å². The summed E-state index contributed by atoms with van der Waals surface area (Å²) in [7, 11) is 0. The molecular weight excluding hydrogens is 1020 g/mol. The van der Waals surface area contributed by atoms with Gasteiger partial charge in [0.25, 0.3) is 0 Å². The van der Waals surface area contributed by atoms with Gasteiger partial charge in [0.2, 0.25) is 0 Å². The number of ether oxygens (including phenoxy) is 1. The van der Waals surface area contributed by atoms with Crippen LogP contribution in [0.3, 0.4) is 0 Å². The SMILES string of the molecule is CC(C)(C)c1ccnc(N2c3[c-]c(Oc4[c-]c(N5[CH-]N(c6cc(-c7ccccc7)cc(-c7ccccc7)c6)c6ncccc65)ccc4)ccc3[Te]c3ccccc32)c1.[Pt]. The summed E-state index contributed by atoms with van der Waals surface area (Å²) in [6.07, 6.45) is 3.76. The van der Waals surface area contributed by atoms with E-state index < -0.39 is 20.9 Å². The average molecular weight is 1060 g/mol. The van der Waals surface area contributed by atoms with E-state index in [0.717, 1.165) is 62.3 Å². The number of aromatic nitrogens is 2. The summed E-state index contributed by atoms with van der Waals surface area (Å²) in [4.78, 5) is 16.3. The largest absolute Gasteiger partial charge is 0 e. The Morgan fingerprint density at radius 2 is 1.27 bits per heavy atom. The molecule has 10 rings (SSSR count). The van der Waals surface area contributed by atoms with Gasteiger partial charge in [-0.05, 0) is 40.5 Å². The van der Waals surface area contributed by atoms with Crippen LogP contribution < -0.4 is 26.7 Å². The van der Waals surface area contributed by atoms with Gasteiger partial charge in [-0.1, -0.05) is 60.7 Å². The Balaban J connectivity index is 0.00000449. The first-order valence-corrected chi connectivity index (χ1v) is 21.6. The Hall–Kier alpha value is -5.70. The van der Waals surface area contributed by atoms with E-state index in [2.05, 4.69) is 182 Å². The van der Waals surface area contributed by atoms with Crippen molar-refractivity contribution in [3.05, 3.63) is 194 Å². The first-order valence-electron chi connectivity index (χ1n) is 19.3. The molecule has 0 radical (unpaired) electrons. The number of nitrogens with zero attached hydrogens (tertiary/aromatic N) is 5. The summed E-state index contributed by atoms with van der Waals surface area (Å²) in [5, 5.41) is 0. The van der Waals surface area contributed by atoms with Crippen LogP contribution in [0.2, 0.25) is 0 Å². The Bertz CT molecular complexity index is 2730. The molecule has 0 fully saturated rings. The van der Waals surface area contributed by atoms with Gasteiger partial charge in [-0.25, -0.2) is 0 Å². The van der Waals surface area contributed by atoms with E-state index in [1.807, 2.05) is 42.7 Å². The summed E-state index contributed by atoms with van der Waals surface area (Å²) in [6.45, 7) is 8.79. The summed E-state index contributed by atoms with van der Waals surface area (Å²) < 4.78 is 9.28. The minimum Gasteiger partial charge on any atom is 0 e. The zero-order valence-corrected chi connectivity index (χ0v) is 37.2. The summed E-state index contributed by atoms with van der Waals surface area (Å²) in [6, 6.07) is 62.3. The zero-order chi connectivity index (χ0) is 39.2. The van der Waals surface area contributed by atoms with Gasteiger partial charge in [0, 0.05) is 27.3 Å². The Labute approximate surface area is 370 Å². The molecule has 8 heteroatoms. The van der Waals surface area contributed by atoms with Crippen molar-refractivity contribution in [2.24, 2.45) is 0 Å². The first-order chi connectivity index (χ1) is 28.4. The van der Waals surface area contributed by atoms with Gasteiger partial charge in [0.05, 0.1) is 0 Å². The minimum atomic E-state index is -0.649. The van der Waals surface area contributed by atoms with Crippen LogP contribution in [-0.2, 0) is 26.5 Å². The molecule has 2 aliphatic rings. The van der Waals surface area contributed by atoms with Crippen molar-refractivity contribution in [2.45, 2.75) is 26.2 Å². The van der Waals surface area contributed by atoms with Gasteiger partial charge >= 0.3 is 245 Å². The van der Waals surface area contributed by atoms with Crippen LogP contribution in [0.1, 0.15) is 26.3 Å². The summed E-state index contributed by atoms with van der Waals surface area (Å²) in [5.41, 5.74) is 10.7. The molecule has 0 amide bonds. The van der Waals surface area contributed by atoms with E-state index >= 15 is 0 Å². The predicted molar refractivity (Wildman–Crippen MR) is 237 cm³/mol. The molecule has 2 aliphatic heterocycles. The van der Waals surface area contributed by atoms with Crippen LogP contribution in [-0.4, -0.2) is 30.9 Å². The smallest absolute Gasteiger partial charge is 0 e. The van der Waals surface area contributed by atoms with Crippen LogP contribution in [0.4, 0.5) is 40.1 Å². The molecule has 6 nitrogen and oxygen atoms in total. The maximum atomic E-state index is 6.61. The van der Waals surface area contributed by atoms with E-state index in [1.54, 1.807) is 0 Å². The normalized spacial score (nSPS) is 13.0. The van der Waals surface area contributed by atoms with Gasteiger partial charge in [0.1, 0.15) is 0 Å². The molecule has 59 heavy (non-hydrogen) atoms. The standard InChI is InChI=1S/C51H38N5OTe.Pt/c1-51(2,3)39-25-27-52-49(31-39)56-44-20-10-11-22-47(44)58-48-24-23-43(33-46(48)56)57-42-19-12-18-40(32-42)54-34-55(50-45(54)21-13-26-53-50)41-29-37(35-14-6-4-7-15-35)28-38(30-41)36-16-8-5-9-17-36;/h4-31,34H,1-3H3;/q-3;. The third-order valence-electron chi connectivity index (χ3n) is 10.4. The second-order valence-corrected chi connectivity index (χ2v) is 18.4. The van der Waals surface area contributed by atoms with Gasteiger partial charge in [-0.2, -0.15) is 0 Å². The van der Waals surface area contributed by atoms with Gasteiger partial charge in [0.15, 0.2) is 0 Å². The molecular formula is C51H38N5OPtTe-3. The average Bonchev–Trinajstić information content (AvgIpc) is 3.66. The molecule has 0 spiro atoms. The molecule has 8 aromatic rings. The maximum Gasteiger partial charge on any atom is 0 e. The zero-order valence-electron chi connectivity index (χ0n) is 32.6. The van der Waals surface area contributed by atoms with Crippen molar-refractivity contribution >= 4 is 68.2 Å². The number of hydrogen-bond acceptors (Lipinski definition) is 6. The van der Waals surface area contributed by atoms with E-state index in [9.17, 15) is 0 Å². The minimum absolute atomic E-state index is 0. The van der Waals surface area contributed by atoms with Crippen LogP contribution in [0.15, 0.2) is 170 Å². The van der Waals surface area contributed by atoms with Crippen molar-refractivity contribution in [1.82, 2.24) is 9.97 Å². The molecule has 0 unspecified atom stereocenters. The van der Waals surface area contributed by atoms with Gasteiger partial charge < -0.3 is 0 Å². The molecule has 0 saturated carbocycles. The second kappa shape index (κ2) is 16.2. The van der Waals surface area contributed by atoms with Crippen molar-refractivity contribution in [3.63, 3.8) is 0 Å². The van der Waals surface area contributed by atoms with Crippen LogP contribution in [0, 0.1) is 18.8 Å². The number of fused-ring (bicyclic) bond motifs is 3. The first kappa shape index (κ1) is 38.8. The Kier molecular flexibility index (Phi) is 10.6. The second-order valence-electron chi connectivity index (χ2n) is 15.3. The molecule has 0 N–H and O–H groups in total. The third-order valence-corrected chi connectivity index (χ3v) is 13.6. The Morgan fingerprint density at radius 3 is 2.02 bits per heavy atom. The molecule has 0 aliphatic carbocycles. The summed E-state index contributed by atoms with van der Waals surface area (Å²) in [5.74, 6) is 2.93. The van der Waals surface area contributed by atoms with E-state index in [-0.39, 0.29) is 26.5 Å². The van der Waals surface area contributed by atoms with Crippen LogP contribution in [0.5, 0.6) is 11.5 Å². The number of para-hydroxylation sites is 1. The number of rotatable bonds is 7. The Morgan fingerprint density at radius 1 is 0.576 bits per heavy atom. The van der Waals surface area contributed by atoms with E-state index in [1.165, 1.54) is 12.8 Å². The molecule has 0 bridgehead atoms. The third kappa shape index (κ3) is 7.67. The molecule has 292 valence electrons. The maximum absolute atomic E-state index is 6.61. The summed E-state index contributed by atoms with van der Waals surface area (Å²) >= 11 is -0.649. The number of benzene rings is 6. The molecule has 4 heterocycles. The van der Waals surface area contributed by atoms with Crippen molar-refractivity contribution < 1.29 is 25.8 Å².